The Morgan fingerprint density at radius 2 is 1.60 bits per heavy atom. The second-order valence-corrected chi connectivity index (χ2v) is 5.08. The van der Waals surface area contributed by atoms with Gasteiger partial charge in [-0.05, 0) is 12.3 Å². The minimum Gasteiger partial charge on any atom is -0.394 e. The fourth-order valence-electron chi connectivity index (χ4n) is 0.486. The summed E-state index contributed by atoms with van der Waals surface area (Å²) in [6.45, 7) is 15.7. The fourth-order valence-corrected chi connectivity index (χ4v) is 0.486. The van der Waals surface area contributed by atoms with Gasteiger partial charge in [-0.2, -0.15) is 5.41 Å². The van der Waals surface area contributed by atoms with E-state index in [2.05, 4.69) is 41.5 Å². The molecule has 0 bridgehead atoms. The molecular formula is C12H27O2Y-. The van der Waals surface area contributed by atoms with Crippen molar-refractivity contribution in [2.45, 2.75) is 41.0 Å². The Morgan fingerprint density at radius 1 is 1.20 bits per heavy atom. The van der Waals surface area contributed by atoms with Crippen LogP contribution in [0.1, 0.15) is 41.0 Å². The second kappa shape index (κ2) is 13.1. The van der Waals surface area contributed by atoms with Crippen molar-refractivity contribution in [1.82, 2.24) is 0 Å². The smallest absolute Gasteiger partial charge is 0.0697 e. The topological polar surface area (TPSA) is 29.5 Å². The maximum absolute atomic E-state index is 8.31. The molecule has 1 radical (unpaired) electrons. The van der Waals surface area contributed by atoms with Crippen LogP contribution in [0.2, 0.25) is 0 Å². The van der Waals surface area contributed by atoms with Crippen LogP contribution in [0.4, 0.5) is 0 Å². The zero-order valence-corrected chi connectivity index (χ0v) is 13.9. The normalized spacial score (nSPS) is 10.4. The molecule has 0 heterocycles. The number of hydrogen-bond acceptors (Lipinski definition) is 2. The van der Waals surface area contributed by atoms with Crippen molar-refractivity contribution in [1.29, 1.82) is 0 Å². The molecule has 0 rings (SSSR count). The molecule has 0 aliphatic heterocycles. The van der Waals surface area contributed by atoms with Gasteiger partial charge in [0.25, 0.3) is 0 Å². The number of aliphatic hydroxyl groups is 1. The van der Waals surface area contributed by atoms with Crippen molar-refractivity contribution in [3.63, 3.8) is 0 Å². The van der Waals surface area contributed by atoms with E-state index in [0.29, 0.717) is 12.5 Å². The van der Waals surface area contributed by atoms with Gasteiger partial charge >= 0.3 is 0 Å². The van der Waals surface area contributed by atoms with E-state index in [4.69, 9.17) is 9.84 Å². The summed E-state index contributed by atoms with van der Waals surface area (Å²) in [6, 6.07) is 0. The molecule has 0 saturated heterocycles. The summed E-state index contributed by atoms with van der Waals surface area (Å²) in [5.74, 6) is 0.698. The van der Waals surface area contributed by atoms with Gasteiger partial charge in [0.1, 0.15) is 0 Å². The molecular weight excluding hydrogens is 265 g/mol. The average Bonchev–Trinajstić information content (AvgIpc) is 1.94. The Labute approximate surface area is 121 Å². The molecule has 1 N–H and O–H groups in total. The Hall–Kier alpha value is 1.02. The third-order valence-electron chi connectivity index (χ3n) is 1.08. The molecule has 0 aliphatic carbocycles. The van der Waals surface area contributed by atoms with Gasteiger partial charge in [0.05, 0.1) is 13.2 Å². The summed E-state index contributed by atoms with van der Waals surface area (Å²) in [5, 5.41) is 8.31. The minimum absolute atomic E-state index is 0. The largest absolute Gasteiger partial charge is 0.394 e. The van der Waals surface area contributed by atoms with Gasteiger partial charge in [-0.25, -0.2) is 0 Å². The molecule has 0 spiro atoms. The van der Waals surface area contributed by atoms with Crippen LogP contribution in [-0.4, -0.2) is 24.9 Å². The number of ether oxygens (including phenoxy) is 1. The zero-order valence-electron chi connectivity index (χ0n) is 11.0. The van der Waals surface area contributed by atoms with Crippen molar-refractivity contribution in [3.05, 3.63) is 6.92 Å². The summed E-state index contributed by atoms with van der Waals surface area (Å²) in [7, 11) is 0. The fraction of sp³-hybridized carbons (Fsp3) is 0.917. The van der Waals surface area contributed by atoms with Gasteiger partial charge in [-0.3, -0.25) is 0 Å². The third kappa shape index (κ3) is 51.7. The van der Waals surface area contributed by atoms with Gasteiger partial charge in [0.15, 0.2) is 0 Å². The van der Waals surface area contributed by atoms with Crippen LogP contribution in [0, 0.1) is 18.3 Å². The van der Waals surface area contributed by atoms with E-state index in [1.807, 2.05) is 0 Å². The van der Waals surface area contributed by atoms with Crippen LogP contribution in [0.3, 0.4) is 0 Å². The van der Waals surface area contributed by atoms with Crippen LogP contribution in [0.15, 0.2) is 0 Å². The van der Waals surface area contributed by atoms with Gasteiger partial charge in [-0.15, -0.1) is 0 Å². The van der Waals surface area contributed by atoms with Gasteiger partial charge in [0, 0.05) is 39.3 Å². The molecule has 0 saturated carbocycles. The van der Waals surface area contributed by atoms with E-state index in [0.717, 1.165) is 13.0 Å². The van der Waals surface area contributed by atoms with Gasteiger partial charge < -0.3 is 16.8 Å². The Bertz CT molecular complexity index is 103. The van der Waals surface area contributed by atoms with Crippen molar-refractivity contribution in [3.8, 4) is 0 Å². The second-order valence-electron chi connectivity index (χ2n) is 5.08. The maximum atomic E-state index is 8.31. The number of aliphatic hydroxyl groups excluding tert-OH is 1. The summed E-state index contributed by atoms with van der Waals surface area (Å²) in [4.78, 5) is 0. The maximum Gasteiger partial charge on any atom is 0.0697 e. The molecule has 0 aromatic rings. The zero-order chi connectivity index (χ0) is 11.6. The van der Waals surface area contributed by atoms with E-state index in [1.54, 1.807) is 0 Å². The summed E-state index contributed by atoms with van der Waals surface area (Å²) in [5.41, 5.74) is 0.250. The number of rotatable bonds is 5. The first-order valence-corrected chi connectivity index (χ1v) is 5.31. The molecule has 0 aromatic carbocycles. The Balaban J connectivity index is -0.000000208. The van der Waals surface area contributed by atoms with Crippen LogP contribution < -0.4 is 0 Å². The quantitative estimate of drug-likeness (QED) is 0.623. The van der Waals surface area contributed by atoms with Crippen molar-refractivity contribution in [2.24, 2.45) is 11.3 Å². The van der Waals surface area contributed by atoms with Crippen molar-refractivity contribution >= 4 is 0 Å². The molecule has 15 heavy (non-hydrogen) atoms. The van der Waals surface area contributed by atoms with E-state index in [1.165, 1.54) is 0 Å². The van der Waals surface area contributed by atoms with Crippen molar-refractivity contribution < 1.29 is 42.6 Å². The molecule has 0 fully saturated rings. The van der Waals surface area contributed by atoms with Gasteiger partial charge in [-0.1, -0.05) is 34.6 Å². The molecule has 91 valence electrons. The van der Waals surface area contributed by atoms with Crippen LogP contribution in [0.25, 0.3) is 0 Å². The first kappa shape index (κ1) is 21.3. The van der Waals surface area contributed by atoms with E-state index >= 15 is 0 Å². The first-order valence-electron chi connectivity index (χ1n) is 5.31. The molecule has 0 unspecified atom stereocenters. The summed E-state index contributed by atoms with van der Waals surface area (Å²) >= 11 is 0. The molecule has 0 aliphatic rings. The van der Waals surface area contributed by atoms with Crippen LogP contribution in [-0.2, 0) is 37.4 Å². The Morgan fingerprint density at radius 3 is 1.87 bits per heavy atom. The predicted molar refractivity (Wildman–Crippen MR) is 62.2 cm³/mol. The van der Waals surface area contributed by atoms with Crippen LogP contribution >= 0.6 is 0 Å². The molecule has 0 amide bonds. The first-order chi connectivity index (χ1) is 6.27. The summed E-state index contributed by atoms with van der Waals surface area (Å²) < 4.78 is 5.04. The molecule has 3 heteroatoms. The average molecular weight is 292 g/mol. The standard InChI is InChI=1S/C7H16O2.C5H11.Y/c1-7(2)3-5-9-6-4-8;1-5(2,3)4;/h7-8H,3-6H2,1-2H3;1H2,2-4H3;/q;-1;. The van der Waals surface area contributed by atoms with Crippen LogP contribution in [0.5, 0.6) is 0 Å². The predicted octanol–water partition coefficient (Wildman–Crippen LogP) is 2.91. The molecule has 0 atom stereocenters. The van der Waals surface area contributed by atoms with Crippen molar-refractivity contribution in [2.75, 3.05) is 19.8 Å². The third-order valence-corrected chi connectivity index (χ3v) is 1.08. The Kier molecular flexibility index (Phi) is 18.6. The van der Waals surface area contributed by atoms with E-state index < -0.39 is 0 Å². The minimum atomic E-state index is 0. The molecule has 2 nitrogen and oxygen atoms in total. The monoisotopic (exact) mass is 292 g/mol. The van der Waals surface area contributed by atoms with E-state index in [9.17, 15) is 0 Å². The van der Waals surface area contributed by atoms with Gasteiger partial charge in [0.2, 0.25) is 0 Å². The van der Waals surface area contributed by atoms with E-state index in [-0.39, 0.29) is 44.7 Å². The SMILES string of the molecule is CC(C)CCOCCO.[CH2-]C(C)(C)C.[Y]. The number of hydrogen-bond donors (Lipinski definition) is 1. The summed E-state index contributed by atoms with van der Waals surface area (Å²) in [6.07, 6.45) is 1.08. The molecule has 0 aromatic heterocycles.